The van der Waals surface area contributed by atoms with Gasteiger partial charge in [0.1, 0.15) is 0 Å². The lowest BCUT2D eigenvalue weighted by molar-refractivity contribution is -0.311. The Labute approximate surface area is 72.3 Å². The molecule has 13 heavy (non-hydrogen) atoms. The van der Waals surface area contributed by atoms with E-state index >= 15 is 0 Å². The molecule has 0 aliphatic rings. The molecule has 1 rings (SSSR count). The molecule has 0 spiro atoms. The van der Waals surface area contributed by atoms with Crippen LogP contribution in [0.5, 0.6) is 0 Å². The van der Waals surface area contributed by atoms with E-state index < -0.39 is 6.36 Å². The van der Waals surface area contributed by atoms with Crippen LogP contribution >= 0.6 is 0 Å². The second-order valence-corrected chi connectivity index (χ2v) is 2.28. The van der Waals surface area contributed by atoms with Crippen LogP contribution in [0, 0.1) is 0 Å². The number of nitrogen functional groups attached to an aromatic ring is 1. The van der Waals surface area contributed by atoms with Crippen LogP contribution in [0.3, 0.4) is 0 Å². The second kappa shape index (κ2) is 3.53. The fraction of sp³-hybridized carbons (Fsp3) is 0.143. The minimum atomic E-state index is -4.70. The summed E-state index contributed by atoms with van der Waals surface area (Å²) >= 11 is 0. The summed E-state index contributed by atoms with van der Waals surface area (Å²) in [7, 11) is 0. The minimum Gasteiger partial charge on any atom is -0.399 e. The maximum atomic E-state index is 11.5. The third-order valence-electron chi connectivity index (χ3n) is 1.17. The van der Waals surface area contributed by atoms with Crippen molar-refractivity contribution in [2.24, 2.45) is 0 Å². The van der Waals surface area contributed by atoms with Crippen molar-refractivity contribution >= 4 is 11.4 Å². The number of rotatable bonds is 2. The Bertz CT molecular complexity index is 287. The highest BCUT2D eigenvalue weighted by molar-refractivity contribution is 5.52. The summed E-state index contributed by atoms with van der Waals surface area (Å²) in [4.78, 5) is 3.36. The monoisotopic (exact) mass is 192 g/mol. The maximum absolute atomic E-state index is 11.5. The highest BCUT2D eigenvalue weighted by Gasteiger charge is 2.30. The first-order chi connectivity index (χ1) is 5.97. The van der Waals surface area contributed by atoms with Gasteiger partial charge in [-0.3, -0.25) is 5.48 Å². The molecule has 0 aliphatic heterocycles. The van der Waals surface area contributed by atoms with Crippen LogP contribution in [0.4, 0.5) is 24.5 Å². The summed E-state index contributed by atoms with van der Waals surface area (Å²) in [5, 5.41) is 0. The molecular formula is C7H7F3N2O. The van der Waals surface area contributed by atoms with Gasteiger partial charge in [-0.1, -0.05) is 6.07 Å². The Morgan fingerprint density at radius 2 is 2.00 bits per heavy atom. The first-order valence-electron chi connectivity index (χ1n) is 3.34. The first-order valence-corrected chi connectivity index (χ1v) is 3.34. The highest BCUT2D eigenvalue weighted by Crippen LogP contribution is 2.19. The van der Waals surface area contributed by atoms with Crippen LogP contribution < -0.4 is 11.2 Å². The third-order valence-corrected chi connectivity index (χ3v) is 1.17. The van der Waals surface area contributed by atoms with Crippen LogP contribution in [0.2, 0.25) is 0 Å². The smallest absolute Gasteiger partial charge is 0.399 e. The SMILES string of the molecule is Nc1cccc(NOC(F)(F)F)c1. The Hall–Kier alpha value is -1.43. The van der Waals surface area contributed by atoms with Crippen molar-refractivity contribution in [3.63, 3.8) is 0 Å². The predicted molar refractivity (Wildman–Crippen MR) is 41.6 cm³/mol. The van der Waals surface area contributed by atoms with E-state index in [1.807, 2.05) is 0 Å². The molecule has 0 bridgehead atoms. The normalized spacial score (nSPS) is 11.3. The van der Waals surface area contributed by atoms with Crippen LogP contribution in [-0.4, -0.2) is 6.36 Å². The Kier molecular flexibility index (Phi) is 2.62. The number of halogens is 3. The number of anilines is 2. The van der Waals surface area contributed by atoms with Gasteiger partial charge in [-0.25, -0.2) is 0 Å². The number of hydrogen-bond donors (Lipinski definition) is 2. The molecule has 0 aliphatic carbocycles. The maximum Gasteiger partial charge on any atom is 0.543 e. The number of hydrogen-bond acceptors (Lipinski definition) is 3. The first kappa shape index (κ1) is 9.66. The topological polar surface area (TPSA) is 47.3 Å². The van der Waals surface area contributed by atoms with Crippen LogP contribution in [0.25, 0.3) is 0 Å². The summed E-state index contributed by atoms with van der Waals surface area (Å²) in [5.74, 6) is 0. The molecule has 0 saturated carbocycles. The van der Waals surface area contributed by atoms with E-state index in [4.69, 9.17) is 5.73 Å². The van der Waals surface area contributed by atoms with Gasteiger partial charge in [0.2, 0.25) is 0 Å². The largest absolute Gasteiger partial charge is 0.543 e. The van der Waals surface area contributed by atoms with Gasteiger partial charge in [0, 0.05) is 5.69 Å². The van der Waals surface area contributed by atoms with E-state index in [-0.39, 0.29) is 5.69 Å². The molecule has 1 aromatic rings. The van der Waals surface area contributed by atoms with Crippen molar-refractivity contribution in [3.8, 4) is 0 Å². The molecule has 0 heterocycles. The molecule has 0 saturated heterocycles. The second-order valence-electron chi connectivity index (χ2n) is 2.28. The summed E-state index contributed by atoms with van der Waals surface area (Å²) < 4.78 is 34.6. The molecule has 0 fully saturated rings. The van der Waals surface area contributed by atoms with Crippen LogP contribution in [0.15, 0.2) is 24.3 Å². The van der Waals surface area contributed by atoms with Crippen molar-refractivity contribution in [3.05, 3.63) is 24.3 Å². The van der Waals surface area contributed by atoms with Gasteiger partial charge in [-0.15, -0.1) is 13.2 Å². The van der Waals surface area contributed by atoms with E-state index in [9.17, 15) is 13.2 Å². The van der Waals surface area contributed by atoms with Crippen molar-refractivity contribution in [2.75, 3.05) is 11.2 Å². The van der Waals surface area contributed by atoms with Gasteiger partial charge in [0.05, 0.1) is 5.69 Å². The number of nitrogens with two attached hydrogens (primary N) is 1. The molecule has 3 nitrogen and oxygen atoms in total. The average molecular weight is 192 g/mol. The Morgan fingerprint density at radius 3 is 2.54 bits per heavy atom. The van der Waals surface area contributed by atoms with Crippen molar-refractivity contribution in [1.82, 2.24) is 0 Å². The summed E-state index contributed by atoms with van der Waals surface area (Å²) in [6.07, 6.45) is -4.70. The Balaban J connectivity index is 2.55. The quantitative estimate of drug-likeness (QED) is 0.557. The molecule has 72 valence electrons. The van der Waals surface area contributed by atoms with Gasteiger partial charge in [-0.2, -0.15) is 4.84 Å². The highest BCUT2D eigenvalue weighted by atomic mass is 19.4. The van der Waals surface area contributed by atoms with Crippen molar-refractivity contribution in [2.45, 2.75) is 6.36 Å². The van der Waals surface area contributed by atoms with Crippen molar-refractivity contribution < 1.29 is 18.0 Å². The molecule has 0 amide bonds. The number of alkyl halides is 3. The zero-order valence-electron chi connectivity index (χ0n) is 6.43. The molecule has 6 heteroatoms. The molecule has 0 unspecified atom stereocenters. The van der Waals surface area contributed by atoms with Gasteiger partial charge in [0.15, 0.2) is 0 Å². The van der Waals surface area contributed by atoms with Crippen molar-refractivity contribution in [1.29, 1.82) is 0 Å². The van der Waals surface area contributed by atoms with Gasteiger partial charge in [-0.05, 0) is 18.2 Å². The molecule has 0 atom stereocenters. The third kappa shape index (κ3) is 3.66. The van der Waals surface area contributed by atoms with Gasteiger partial charge >= 0.3 is 6.36 Å². The molecular weight excluding hydrogens is 185 g/mol. The number of nitrogens with one attached hydrogen (secondary N) is 1. The van der Waals surface area contributed by atoms with E-state index in [1.165, 1.54) is 18.2 Å². The molecule has 1 aromatic carbocycles. The van der Waals surface area contributed by atoms with Gasteiger partial charge in [0.25, 0.3) is 0 Å². The fourth-order valence-corrected chi connectivity index (χ4v) is 0.719. The standard InChI is InChI=1S/C7H7F3N2O/c8-7(9,10)13-12-6-3-1-2-5(11)4-6/h1-4,12H,11H2. The Morgan fingerprint density at radius 1 is 1.31 bits per heavy atom. The van der Waals surface area contributed by atoms with E-state index in [0.29, 0.717) is 5.69 Å². The average Bonchev–Trinajstić information content (AvgIpc) is 2.00. The fourth-order valence-electron chi connectivity index (χ4n) is 0.719. The van der Waals surface area contributed by atoms with E-state index in [2.05, 4.69) is 4.84 Å². The van der Waals surface area contributed by atoms with Crippen LogP contribution in [0.1, 0.15) is 0 Å². The lowest BCUT2D eigenvalue weighted by Gasteiger charge is -2.08. The minimum absolute atomic E-state index is 0.150. The summed E-state index contributed by atoms with van der Waals surface area (Å²) in [5.41, 5.74) is 7.55. The molecule has 0 radical (unpaired) electrons. The van der Waals surface area contributed by atoms with E-state index in [1.54, 1.807) is 11.5 Å². The zero-order chi connectivity index (χ0) is 9.90. The van der Waals surface area contributed by atoms with E-state index in [0.717, 1.165) is 0 Å². The lowest BCUT2D eigenvalue weighted by Crippen LogP contribution is -2.17. The number of benzene rings is 1. The molecule has 3 N–H and O–H groups in total. The predicted octanol–water partition coefficient (Wildman–Crippen LogP) is 2.13. The molecule has 0 aromatic heterocycles. The zero-order valence-corrected chi connectivity index (χ0v) is 6.43. The van der Waals surface area contributed by atoms with Crippen LogP contribution in [-0.2, 0) is 4.84 Å². The lowest BCUT2D eigenvalue weighted by atomic mass is 10.3. The summed E-state index contributed by atoms with van der Waals surface area (Å²) in [6, 6.07) is 5.80. The summed E-state index contributed by atoms with van der Waals surface area (Å²) in [6.45, 7) is 0. The van der Waals surface area contributed by atoms with Gasteiger partial charge < -0.3 is 5.73 Å².